The van der Waals surface area contributed by atoms with Gasteiger partial charge in [-0.05, 0) is 24.6 Å². The Bertz CT molecular complexity index is 517. The van der Waals surface area contributed by atoms with E-state index in [9.17, 15) is 9.59 Å². The first-order valence-corrected chi connectivity index (χ1v) is 6.65. The van der Waals surface area contributed by atoms with Gasteiger partial charge in [-0.1, -0.05) is 15.9 Å². The SMILES string of the molecule is COc1ccc(Br)cc1CNC(=O)[C@@H]1C[C@H]1C(=O)O. The minimum Gasteiger partial charge on any atom is -0.496 e. The molecule has 1 saturated carbocycles. The molecule has 0 saturated heterocycles. The van der Waals surface area contributed by atoms with E-state index < -0.39 is 17.8 Å². The lowest BCUT2D eigenvalue weighted by Crippen LogP contribution is -2.26. The highest BCUT2D eigenvalue weighted by Crippen LogP contribution is 2.38. The summed E-state index contributed by atoms with van der Waals surface area (Å²) in [6, 6.07) is 5.52. The topological polar surface area (TPSA) is 75.6 Å². The maximum atomic E-state index is 11.8. The van der Waals surface area contributed by atoms with Crippen LogP contribution >= 0.6 is 15.9 Å². The third-order valence-corrected chi connectivity index (χ3v) is 3.63. The van der Waals surface area contributed by atoms with E-state index in [4.69, 9.17) is 9.84 Å². The summed E-state index contributed by atoms with van der Waals surface area (Å²) < 4.78 is 6.10. The van der Waals surface area contributed by atoms with Crippen molar-refractivity contribution in [3.63, 3.8) is 0 Å². The van der Waals surface area contributed by atoms with Crippen molar-refractivity contribution < 1.29 is 19.4 Å². The fourth-order valence-electron chi connectivity index (χ4n) is 1.96. The van der Waals surface area contributed by atoms with Crippen LogP contribution in [-0.2, 0) is 16.1 Å². The van der Waals surface area contributed by atoms with Crippen LogP contribution in [0, 0.1) is 11.8 Å². The summed E-state index contributed by atoms with van der Waals surface area (Å²) in [4.78, 5) is 22.4. The molecule has 5 nitrogen and oxygen atoms in total. The number of carbonyl (C=O) groups is 2. The average Bonchev–Trinajstić information content (AvgIpc) is 3.16. The molecule has 0 aliphatic heterocycles. The molecular weight excluding hydrogens is 314 g/mol. The highest BCUT2D eigenvalue weighted by atomic mass is 79.9. The molecule has 0 heterocycles. The fourth-order valence-corrected chi connectivity index (χ4v) is 2.36. The molecule has 0 bridgehead atoms. The number of halogens is 1. The second-order valence-electron chi connectivity index (χ2n) is 4.46. The van der Waals surface area contributed by atoms with Crippen molar-refractivity contribution in [2.45, 2.75) is 13.0 Å². The van der Waals surface area contributed by atoms with E-state index in [1.54, 1.807) is 7.11 Å². The summed E-state index contributed by atoms with van der Waals surface area (Å²) in [5, 5.41) is 11.5. The molecular formula is C13H14BrNO4. The summed E-state index contributed by atoms with van der Waals surface area (Å²) in [6.07, 6.45) is 0.427. The van der Waals surface area contributed by atoms with Gasteiger partial charge in [-0.3, -0.25) is 9.59 Å². The molecule has 1 aliphatic rings. The number of carbonyl (C=O) groups excluding carboxylic acids is 1. The van der Waals surface area contributed by atoms with E-state index in [-0.39, 0.29) is 5.91 Å². The molecule has 2 rings (SSSR count). The van der Waals surface area contributed by atoms with Crippen molar-refractivity contribution in [2.24, 2.45) is 11.8 Å². The van der Waals surface area contributed by atoms with Gasteiger partial charge < -0.3 is 15.2 Å². The highest BCUT2D eigenvalue weighted by Gasteiger charge is 2.48. The average molecular weight is 328 g/mol. The Labute approximate surface area is 119 Å². The van der Waals surface area contributed by atoms with Gasteiger partial charge in [0.15, 0.2) is 0 Å². The van der Waals surface area contributed by atoms with Crippen LogP contribution < -0.4 is 10.1 Å². The summed E-state index contributed by atoms with van der Waals surface area (Å²) in [5.74, 6) is -1.34. The number of carboxylic acids is 1. The fraction of sp³-hybridized carbons (Fsp3) is 0.385. The highest BCUT2D eigenvalue weighted by molar-refractivity contribution is 9.10. The lowest BCUT2D eigenvalue weighted by molar-refractivity contribution is -0.140. The van der Waals surface area contributed by atoms with Gasteiger partial charge in [0.1, 0.15) is 5.75 Å². The van der Waals surface area contributed by atoms with Gasteiger partial charge in [0.25, 0.3) is 0 Å². The van der Waals surface area contributed by atoms with Gasteiger partial charge in [0.2, 0.25) is 5.91 Å². The van der Waals surface area contributed by atoms with Gasteiger partial charge >= 0.3 is 5.97 Å². The number of methoxy groups -OCH3 is 1. The Balaban J connectivity index is 1.94. The van der Waals surface area contributed by atoms with Crippen LogP contribution in [0.3, 0.4) is 0 Å². The first kappa shape index (κ1) is 13.9. The van der Waals surface area contributed by atoms with Crippen LogP contribution in [0.5, 0.6) is 5.75 Å². The molecule has 1 aliphatic carbocycles. The number of rotatable bonds is 5. The number of carboxylic acid groups (broad SMARTS) is 1. The normalized spacial score (nSPS) is 20.7. The molecule has 102 valence electrons. The van der Waals surface area contributed by atoms with Crippen LogP contribution in [0.4, 0.5) is 0 Å². The van der Waals surface area contributed by atoms with Crippen molar-refractivity contribution in [3.05, 3.63) is 28.2 Å². The van der Waals surface area contributed by atoms with Crippen molar-refractivity contribution in [1.29, 1.82) is 0 Å². The first-order valence-electron chi connectivity index (χ1n) is 5.86. The summed E-state index contributed by atoms with van der Waals surface area (Å²) in [6.45, 7) is 0.324. The van der Waals surface area contributed by atoms with Crippen molar-refractivity contribution in [3.8, 4) is 5.75 Å². The van der Waals surface area contributed by atoms with E-state index in [0.29, 0.717) is 18.7 Å². The van der Waals surface area contributed by atoms with Crippen LogP contribution in [-0.4, -0.2) is 24.1 Å². The van der Waals surface area contributed by atoms with Crippen molar-refractivity contribution in [1.82, 2.24) is 5.32 Å². The van der Waals surface area contributed by atoms with E-state index in [0.717, 1.165) is 10.0 Å². The number of aliphatic carboxylic acids is 1. The molecule has 6 heteroatoms. The number of ether oxygens (including phenoxy) is 1. The van der Waals surface area contributed by atoms with Crippen LogP contribution in [0.25, 0.3) is 0 Å². The predicted octanol–water partition coefficient (Wildman–Crippen LogP) is 1.79. The van der Waals surface area contributed by atoms with Gasteiger partial charge in [-0.25, -0.2) is 0 Å². The largest absolute Gasteiger partial charge is 0.496 e. The summed E-state index contributed by atoms with van der Waals surface area (Å²) in [5.41, 5.74) is 0.845. The Morgan fingerprint density at radius 2 is 2.21 bits per heavy atom. The third-order valence-electron chi connectivity index (χ3n) is 3.14. The second kappa shape index (κ2) is 5.61. The molecule has 0 radical (unpaired) electrons. The standard InChI is InChI=1S/C13H14BrNO4/c1-19-11-3-2-8(14)4-7(11)6-15-12(16)9-5-10(9)13(17)18/h2-4,9-10H,5-6H2,1H3,(H,15,16)(H,17,18)/t9-,10-/m1/s1. The summed E-state index contributed by atoms with van der Waals surface area (Å²) in [7, 11) is 1.57. The Morgan fingerprint density at radius 1 is 1.47 bits per heavy atom. The Hall–Kier alpha value is -1.56. The molecule has 0 unspecified atom stereocenters. The zero-order valence-corrected chi connectivity index (χ0v) is 11.9. The maximum Gasteiger partial charge on any atom is 0.307 e. The molecule has 2 atom stereocenters. The molecule has 0 spiro atoms. The number of nitrogens with one attached hydrogen (secondary N) is 1. The molecule has 1 aromatic carbocycles. The second-order valence-corrected chi connectivity index (χ2v) is 5.38. The first-order chi connectivity index (χ1) is 9.02. The number of benzene rings is 1. The van der Waals surface area contributed by atoms with E-state index in [2.05, 4.69) is 21.2 Å². The molecule has 0 aromatic heterocycles. The zero-order valence-electron chi connectivity index (χ0n) is 10.4. The van der Waals surface area contributed by atoms with Gasteiger partial charge in [-0.2, -0.15) is 0 Å². The van der Waals surface area contributed by atoms with Gasteiger partial charge in [-0.15, -0.1) is 0 Å². The minimum absolute atomic E-state index is 0.213. The van der Waals surface area contributed by atoms with E-state index in [1.165, 1.54) is 0 Å². The smallest absolute Gasteiger partial charge is 0.307 e. The predicted molar refractivity (Wildman–Crippen MR) is 71.8 cm³/mol. The molecule has 2 N–H and O–H groups in total. The molecule has 19 heavy (non-hydrogen) atoms. The molecule has 1 amide bonds. The van der Waals surface area contributed by atoms with E-state index >= 15 is 0 Å². The molecule has 1 fully saturated rings. The van der Waals surface area contributed by atoms with Crippen LogP contribution in [0.2, 0.25) is 0 Å². The Morgan fingerprint density at radius 3 is 2.79 bits per heavy atom. The van der Waals surface area contributed by atoms with Gasteiger partial charge in [0.05, 0.1) is 18.9 Å². The monoisotopic (exact) mass is 327 g/mol. The molecule has 1 aromatic rings. The number of amides is 1. The Kier molecular flexibility index (Phi) is 4.09. The van der Waals surface area contributed by atoms with Crippen molar-refractivity contribution >= 4 is 27.8 Å². The minimum atomic E-state index is -0.903. The quantitative estimate of drug-likeness (QED) is 0.864. The maximum absolute atomic E-state index is 11.8. The van der Waals surface area contributed by atoms with E-state index in [1.807, 2.05) is 18.2 Å². The third kappa shape index (κ3) is 3.26. The zero-order chi connectivity index (χ0) is 14.0. The summed E-state index contributed by atoms with van der Waals surface area (Å²) >= 11 is 3.36. The van der Waals surface area contributed by atoms with Crippen LogP contribution in [0.1, 0.15) is 12.0 Å². The van der Waals surface area contributed by atoms with Gasteiger partial charge in [0, 0.05) is 16.6 Å². The lowest BCUT2D eigenvalue weighted by atomic mass is 10.2. The van der Waals surface area contributed by atoms with Crippen molar-refractivity contribution in [2.75, 3.05) is 7.11 Å². The lowest BCUT2D eigenvalue weighted by Gasteiger charge is -2.10. The number of hydrogen-bond acceptors (Lipinski definition) is 3. The van der Waals surface area contributed by atoms with Crippen LogP contribution in [0.15, 0.2) is 22.7 Å². The number of hydrogen-bond donors (Lipinski definition) is 2.